The maximum absolute atomic E-state index is 12.8. The zero-order valence-corrected chi connectivity index (χ0v) is 12.2. The van der Waals surface area contributed by atoms with Crippen LogP contribution in [0.4, 0.5) is 4.39 Å². The first-order valence-electron chi connectivity index (χ1n) is 5.28. The molecule has 2 rings (SSSR count). The summed E-state index contributed by atoms with van der Waals surface area (Å²) in [5.74, 6) is -0.516. The summed E-state index contributed by atoms with van der Waals surface area (Å²) >= 11 is 8.23. The first kappa shape index (κ1) is 13.5. The van der Waals surface area contributed by atoms with E-state index in [9.17, 15) is 9.18 Å². The van der Waals surface area contributed by atoms with Crippen LogP contribution in [0.3, 0.4) is 0 Å². The third-order valence-corrected chi connectivity index (χ3v) is 3.92. The number of halogens is 3. The monoisotopic (exact) mass is 374 g/mol. The van der Waals surface area contributed by atoms with E-state index in [-0.39, 0.29) is 11.6 Å². The molecule has 2 aromatic rings. The van der Waals surface area contributed by atoms with Crippen LogP contribution in [0.15, 0.2) is 48.5 Å². The maximum atomic E-state index is 12.8. The van der Waals surface area contributed by atoms with E-state index < -0.39 is 5.38 Å². The molecule has 0 radical (unpaired) electrons. The minimum atomic E-state index is -0.790. The highest BCUT2D eigenvalue weighted by molar-refractivity contribution is 14.1. The zero-order chi connectivity index (χ0) is 13.1. The number of hydrogen-bond donors (Lipinski definition) is 0. The van der Waals surface area contributed by atoms with E-state index in [0.29, 0.717) is 11.1 Å². The number of Topliss-reactive ketones (excluding diaryl/α,β-unsaturated/α-hetero) is 1. The van der Waals surface area contributed by atoms with Crippen molar-refractivity contribution < 1.29 is 9.18 Å². The van der Waals surface area contributed by atoms with Gasteiger partial charge in [-0.3, -0.25) is 4.79 Å². The van der Waals surface area contributed by atoms with Gasteiger partial charge in [0, 0.05) is 9.13 Å². The van der Waals surface area contributed by atoms with Gasteiger partial charge in [-0.1, -0.05) is 30.3 Å². The Kier molecular flexibility index (Phi) is 4.35. The molecule has 0 spiro atoms. The molecule has 0 bridgehead atoms. The van der Waals surface area contributed by atoms with Crippen LogP contribution in [0, 0.1) is 9.39 Å². The van der Waals surface area contributed by atoms with Gasteiger partial charge in [-0.2, -0.15) is 0 Å². The van der Waals surface area contributed by atoms with Crippen LogP contribution in [0.2, 0.25) is 0 Å². The van der Waals surface area contributed by atoms with E-state index in [2.05, 4.69) is 22.6 Å². The average molecular weight is 375 g/mol. The molecule has 0 fully saturated rings. The Bertz CT molecular complexity index is 568. The van der Waals surface area contributed by atoms with Crippen LogP contribution in [-0.2, 0) is 0 Å². The molecule has 0 aliphatic rings. The van der Waals surface area contributed by atoms with Crippen LogP contribution in [-0.4, -0.2) is 5.78 Å². The lowest BCUT2D eigenvalue weighted by atomic mass is 10.0. The molecule has 1 unspecified atom stereocenters. The molecule has 0 aliphatic heterocycles. The number of carbonyl (C=O) groups excluding carboxylic acids is 1. The van der Waals surface area contributed by atoms with Crippen LogP contribution in [0.1, 0.15) is 21.3 Å². The highest BCUT2D eigenvalue weighted by Crippen LogP contribution is 2.27. The fraction of sp³-hybridized carbons (Fsp3) is 0.0714. The fourth-order valence-electron chi connectivity index (χ4n) is 1.58. The summed E-state index contributed by atoms with van der Waals surface area (Å²) in [4.78, 5) is 12.2. The Balaban J connectivity index is 2.29. The smallest absolute Gasteiger partial charge is 0.186 e. The van der Waals surface area contributed by atoms with Crippen LogP contribution in [0.25, 0.3) is 0 Å². The molecule has 0 heterocycles. The summed E-state index contributed by atoms with van der Waals surface area (Å²) in [5, 5.41) is -0.790. The first-order valence-corrected chi connectivity index (χ1v) is 6.79. The number of hydrogen-bond acceptors (Lipinski definition) is 1. The molecule has 1 nitrogen and oxygen atoms in total. The predicted molar refractivity (Wildman–Crippen MR) is 78.5 cm³/mol. The van der Waals surface area contributed by atoms with Gasteiger partial charge in [-0.05, 0) is 46.4 Å². The lowest BCUT2D eigenvalue weighted by Crippen LogP contribution is -2.09. The predicted octanol–water partition coefficient (Wildman–Crippen LogP) is 4.59. The molecule has 18 heavy (non-hydrogen) atoms. The summed E-state index contributed by atoms with van der Waals surface area (Å²) in [6.45, 7) is 0. The Hall–Kier alpha value is -0.940. The average Bonchev–Trinajstić information content (AvgIpc) is 2.38. The largest absolute Gasteiger partial charge is 0.292 e. The van der Waals surface area contributed by atoms with Gasteiger partial charge in [0.05, 0.1) is 0 Å². The number of carbonyl (C=O) groups is 1. The summed E-state index contributed by atoms with van der Waals surface area (Å²) < 4.78 is 13.7. The minimum absolute atomic E-state index is 0.173. The second-order valence-electron chi connectivity index (χ2n) is 3.76. The van der Waals surface area contributed by atoms with Crippen molar-refractivity contribution in [3.05, 3.63) is 69.0 Å². The second-order valence-corrected chi connectivity index (χ2v) is 5.36. The van der Waals surface area contributed by atoms with Gasteiger partial charge in [0.2, 0.25) is 0 Å². The number of alkyl halides is 1. The fourth-order valence-corrected chi connectivity index (χ4v) is 2.50. The van der Waals surface area contributed by atoms with Gasteiger partial charge in [0.1, 0.15) is 11.2 Å². The van der Waals surface area contributed by atoms with Crippen molar-refractivity contribution >= 4 is 40.0 Å². The van der Waals surface area contributed by atoms with Crippen molar-refractivity contribution in [1.29, 1.82) is 0 Å². The molecule has 0 aromatic heterocycles. The van der Waals surface area contributed by atoms with Crippen LogP contribution >= 0.6 is 34.2 Å². The third-order valence-electron chi connectivity index (χ3n) is 2.53. The lowest BCUT2D eigenvalue weighted by Gasteiger charge is -2.10. The topological polar surface area (TPSA) is 17.1 Å². The molecular formula is C14H9ClFIO. The molecule has 0 N–H and O–H groups in total. The van der Waals surface area contributed by atoms with E-state index in [1.165, 1.54) is 24.3 Å². The van der Waals surface area contributed by atoms with Gasteiger partial charge in [0.25, 0.3) is 0 Å². The molecule has 0 saturated carbocycles. The Morgan fingerprint density at radius 1 is 1.11 bits per heavy atom. The Labute approximate surface area is 123 Å². The van der Waals surface area contributed by atoms with E-state index in [1.54, 1.807) is 12.1 Å². The summed E-state index contributed by atoms with van der Waals surface area (Å²) in [6.07, 6.45) is 0. The van der Waals surface area contributed by atoms with E-state index in [4.69, 9.17) is 11.6 Å². The van der Waals surface area contributed by atoms with Crippen molar-refractivity contribution in [3.8, 4) is 0 Å². The Morgan fingerprint density at radius 3 is 2.33 bits per heavy atom. The molecule has 0 amide bonds. The van der Waals surface area contributed by atoms with Crippen LogP contribution < -0.4 is 0 Å². The van der Waals surface area contributed by atoms with Crippen molar-refractivity contribution in [2.75, 3.05) is 0 Å². The molecule has 92 valence electrons. The highest BCUT2D eigenvalue weighted by Gasteiger charge is 2.21. The maximum Gasteiger partial charge on any atom is 0.186 e. The molecule has 1 atom stereocenters. The lowest BCUT2D eigenvalue weighted by molar-refractivity contribution is 0.0986. The van der Waals surface area contributed by atoms with Gasteiger partial charge in [0.15, 0.2) is 5.78 Å². The van der Waals surface area contributed by atoms with E-state index in [0.717, 1.165) is 3.57 Å². The number of rotatable bonds is 3. The standard InChI is InChI=1S/C14H9ClFIO/c15-13(9-5-7-10(16)8-6-9)14(18)11-3-1-2-4-12(11)17/h1-8,13H. The normalized spacial score (nSPS) is 12.2. The summed E-state index contributed by atoms with van der Waals surface area (Å²) in [7, 11) is 0. The SMILES string of the molecule is O=C(c1ccccc1I)C(Cl)c1ccc(F)cc1. The van der Waals surface area contributed by atoms with E-state index >= 15 is 0 Å². The second kappa shape index (κ2) is 5.80. The first-order chi connectivity index (χ1) is 8.59. The number of benzene rings is 2. The van der Waals surface area contributed by atoms with Crippen LogP contribution in [0.5, 0.6) is 0 Å². The van der Waals surface area contributed by atoms with Crippen molar-refractivity contribution in [2.45, 2.75) is 5.38 Å². The van der Waals surface area contributed by atoms with Gasteiger partial charge >= 0.3 is 0 Å². The van der Waals surface area contributed by atoms with Gasteiger partial charge < -0.3 is 0 Å². The minimum Gasteiger partial charge on any atom is -0.292 e. The quantitative estimate of drug-likeness (QED) is 0.436. The zero-order valence-electron chi connectivity index (χ0n) is 9.24. The third kappa shape index (κ3) is 2.90. The molecule has 4 heteroatoms. The van der Waals surface area contributed by atoms with Gasteiger partial charge in [-0.25, -0.2) is 4.39 Å². The summed E-state index contributed by atoms with van der Waals surface area (Å²) in [6, 6.07) is 12.9. The molecule has 2 aromatic carbocycles. The molecule has 0 saturated heterocycles. The van der Waals surface area contributed by atoms with Gasteiger partial charge in [-0.15, -0.1) is 11.6 Å². The highest BCUT2D eigenvalue weighted by atomic mass is 127. The molecular weight excluding hydrogens is 366 g/mol. The van der Waals surface area contributed by atoms with E-state index in [1.807, 2.05) is 12.1 Å². The Morgan fingerprint density at radius 2 is 1.72 bits per heavy atom. The van der Waals surface area contributed by atoms with Crippen molar-refractivity contribution in [3.63, 3.8) is 0 Å². The summed E-state index contributed by atoms with van der Waals surface area (Å²) in [5.41, 5.74) is 1.19. The van der Waals surface area contributed by atoms with Crippen molar-refractivity contribution in [1.82, 2.24) is 0 Å². The molecule has 0 aliphatic carbocycles. The van der Waals surface area contributed by atoms with Crippen molar-refractivity contribution in [2.24, 2.45) is 0 Å². The number of ketones is 1.